The minimum Gasteiger partial charge on any atom is -0.385 e. The van der Waals surface area contributed by atoms with Crippen molar-refractivity contribution >= 4 is 0 Å². The Bertz CT molecular complexity index is 343. The van der Waals surface area contributed by atoms with Gasteiger partial charge in [0, 0.05) is 44.6 Å². The zero-order chi connectivity index (χ0) is 12.8. The fourth-order valence-electron chi connectivity index (χ4n) is 2.58. The Morgan fingerprint density at radius 3 is 3.11 bits per heavy atom. The van der Waals surface area contributed by atoms with E-state index in [2.05, 4.69) is 28.1 Å². The van der Waals surface area contributed by atoms with Crippen LogP contribution in [0.2, 0.25) is 0 Å². The molecule has 4 nitrogen and oxygen atoms in total. The van der Waals surface area contributed by atoms with Crippen LogP contribution in [0.5, 0.6) is 0 Å². The number of aromatic nitrogens is 2. The van der Waals surface area contributed by atoms with Crippen molar-refractivity contribution in [3.8, 4) is 0 Å². The monoisotopic (exact) mass is 251 g/mol. The number of aryl methyl sites for hydroxylation is 1. The number of nitrogens with one attached hydrogen (secondary N) is 1. The number of ether oxygens (including phenoxy) is 1. The Morgan fingerprint density at radius 1 is 1.50 bits per heavy atom. The molecule has 0 bridgehead atoms. The van der Waals surface area contributed by atoms with E-state index in [4.69, 9.17) is 4.74 Å². The van der Waals surface area contributed by atoms with E-state index in [1.807, 2.05) is 6.20 Å². The second-order valence-electron chi connectivity index (χ2n) is 5.38. The third-order valence-electron chi connectivity index (χ3n) is 3.74. The molecule has 2 atom stereocenters. The highest BCUT2D eigenvalue weighted by Crippen LogP contribution is 2.16. The van der Waals surface area contributed by atoms with Gasteiger partial charge in [0.2, 0.25) is 0 Å². The fraction of sp³-hybridized carbons (Fsp3) is 0.786. The molecule has 1 aromatic heterocycles. The number of hydrogen-bond acceptors (Lipinski definition) is 3. The van der Waals surface area contributed by atoms with Crippen LogP contribution in [0, 0.1) is 5.92 Å². The second kappa shape index (κ2) is 6.90. The molecule has 0 saturated carbocycles. The lowest BCUT2D eigenvalue weighted by Crippen LogP contribution is -2.39. The molecule has 1 aliphatic rings. The Morgan fingerprint density at radius 2 is 2.39 bits per heavy atom. The first-order valence-corrected chi connectivity index (χ1v) is 7.02. The third kappa shape index (κ3) is 3.82. The molecular weight excluding hydrogens is 226 g/mol. The van der Waals surface area contributed by atoms with E-state index in [0.717, 1.165) is 38.5 Å². The topological polar surface area (TPSA) is 39.1 Å². The molecule has 1 aliphatic heterocycles. The van der Waals surface area contributed by atoms with Crippen LogP contribution < -0.4 is 5.32 Å². The zero-order valence-corrected chi connectivity index (χ0v) is 11.6. The molecule has 1 fully saturated rings. The van der Waals surface area contributed by atoms with E-state index in [1.54, 1.807) is 7.11 Å². The van der Waals surface area contributed by atoms with Crippen LogP contribution in [0.1, 0.15) is 31.9 Å². The summed E-state index contributed by atoms with van der Waals surface area (Å²) in [6.07, 6.45) is 6.66. The summed E-state index contributed by atoms with van der Waals surface area (Å²) in [6.45, 7) is 5.23. The maximum atomic E-state index is 5.09. The lowest BCUT2D eigenvalue weighted by molar-refractivity contribution is 0.188. The van der Waals surface area contributed by atoms with Gasteiger partial charge in [-0.3, -0.25) is 4.68 Å². The maximum absolute atomic E-state index is 5.09. The summed E-state index contributed by atoms with van der Waals surface area (Å²) < 4.78 is 7.21. The molecule has 18 heavy (non-hydrogen) atoms. The molecule has 2 unspecified atom stereocenters. The van der Waals surface area contributed by atoms with Gasteiger partial charge in [0.25, 0.3) is 0 Å². The van der Waals surface area contributed by atoms with Gasteiger partial charge in [-0.2, -0.15) is 5.10 Å². The molecular formula is C14H25N3O. The van der Waals surface area contributed by atoms with Crippen molar-refractivity contribution in [1.29, 1.82) is 0 Å². The van der Waals surface area contributed by atoms with E-state index in [1.165, 1.54) is 18.5 Å². The summed E-state index contributed by atoms with van der Waals surface area (Å²) in [5.74, 6) is 0.827. The molecule has 102 valence electrons. The van der Waals surface area contributed by atoms with Crippen molar-refractivity contribution in [2.24, 2.45) is 5.92 Å². The van der Waals surface area contributed by atoms with Crippen molar-refractivity contribution in [1.82, 2.24) is 15.1 Å². The lowest BCUT2D eigenvalue weighted by Gasteiger charge is -2.27. The third-order valence-corrected chi connectivity index (χ3v) is 3.74. The van der Waals surface area contributed by atoms with Crippen LogP contribution in [0.4, 0.5) is 0 Å². The number of methoxy groups -OCH3 is 1. The first kappa shape index (κ1) is 13.6. The average Bonchev–Trinajstić information content (AvgIpc) is 2.80. The summed E-state index contributed by atoms with van der Waals surface area (Å²) in [5, 5.41) is 8.04. The van der Waals surface area contributed by atoms with E-state index < -0.39 is 0 Å². The van der Waals surface area contributed by atoms with Crippen LogP contribution in [-0.2, 0) is 17.7 Å². The number of piperidine rings is 1. The molecule has 1 saturated heterocycles. The summed E-state index contributed by atoms with van der Waals surface area (Å²) >= 11 is 0. The molecule has 0 spiro atoms. The van der Waals surface area contributed by atoms with Gasteiger partial charge in [-0.05, 0) is 37.8 Å². The summed E-state index contributed by atoms with van der Waals surface area (Å²) in [7, 11) is 1.75. The smallest absolute Gasteiger partial charge is 0.0492 e. The summed E-state index contributed by atoms with van der Waals surface area (Å²) in [5.41, 5.74) is 1.35. The van der Waals surface area contributed by atoms with E-state index in [-0.39, 0.29) is 0 Å². The normalized spacial score (nSPS) is 24.3. The standard InChI is InChI=1S/C14H25N3O/c1-12-4-5-13(15-11-12)10-14-6-7-16-17(14)8-3-9-18-2/h6-7,12-13,15H,3-5,8-11H2,1-2H3. The molecule has 2 heterocycles. The van der Waals surface area contributed by atoms with Gasteiger partial charge in [0.05, 0.1) is 0 Å². The summed E-state index contributed by atoms with van der Waals surface area (Å²) in [4.78, 5) is 0. The minimum atomic E-state index is 0.624. The Labute approximate surface area is 110 Å². The van der Waals surface area contributed by atoms with Crippen LogP contribution in [-0.4, -0.2) is 36.1 Å². The van der Waals surface area contributed by atoms with Gasteiger partial charge in [-0.1, -0.05) is 6.92 Å². The van der Waals surface area contributed by atoms with E-state index in [0.29, 0.717) is 6.04 Å². The quantitative estimate of drug-likeness (QED) is 0.784. The van der Waals surface area contributed by atoms with Gasteiger partial charge < -0.3 is 10.1 Å². The molecule has 1 N–H and O–H groups in total. The second-order valence-corrected chi connectivity index (χ2v) is 5.38. The highest BCUT2D eigenvalue weighted by molar-refractivity contribution is 5.03. The number of rotatable bonds is 6. The van der Waals surface area contributed by atoms with Crippen molar-refractivity contribution in [2.45, 2.75) is 45.2 Å². The highest BCUT2D eigenvalue weighted by atomic mass is 16.5. The van der Waals surface area contributed by atoms with Crippen LogP contribution >= 0.6 is 0 Å². The number of nitrogens with zero attached hydrogens (tertiary/aromatic N) is 2. The molecule has 0 amide bonds. The van der Waals surface area contributed by atoms with Gasteiger partial charge in [-0.25, -0.2) is 0 Å². The van der Waals surface area contributed by atoms with Crippen LogP contribution in [0.15, 0.2) is 12.3 Å². The zero-order valence-electron chi connectivity index (χ0n) is 11.6. The molecule has 0 aliphatic carbocycles. The first-order valence-electron chi connectivity index (χ1n) is 7.02. The van der Waals surface area contributed by atoms with Crippen LogP contribution in [0.3, 0.4) is 0 Å². The molecule has 0 radical (unpaired) electrons. The summed E-state index contributed by atoms with van der Waals surface area (Å²) in [6, 6.07) is 2.77. The van der Waals surface area contributed by atoms with Crippen molar-refractivity contribution < 1.29 is 4.74 Å². The Balaban J connectivity index is 1.83. The van der Waals surface area contributed by atoms with Gasteiger partial charge in [0.15, 0.2) is 0 Å². The Kier molecular flexibility index (Phi) is 5.20. The van der Waals surface area contributed by atoms with E-state index >= 15 is 0 Å². The number of hydrogen-bond donors (Lipinski definition) is 1. The lowest BCUT2D eigenvalue weighted by atomic mass is 9.94. The van der Waals surface area contributed by atoms with Gasteiger partial charge in [-0.15, -0.1) is 0 Å². The van der Waals surface area contributed by atoms with Gasteiger partial charge in [0.1, 0.15) is 0 Å². The van der Waals surface area contributed by atoms with Crippen molar-refractivity contribution in [3.05, 3.63) is 18.0 Å². The SMILES string of the molecule is COCCCn1nccc1CC1CCC(C)CN1. The fourth-order valence-corrected chi connectivity index (χ4v) is 2.58. The maximum Gasteiger partial charge on any atom is 0.0492 e. The van der Waals surface area contributed by atoms with Crippen molar-refractivity contribution in [3.63, 3.8) is 0 Å². The molecule has 0 aromatic carbocycles. The van der Waals surface area contributed by atoms with Gasteiger partial charge >= 0.3 is 0 Å². The van der Waals surface area contributed by atoms with Crippen LogP contribution in [0.25, 0.3) is 0 Å². The predicted octanol–water partition coefficient (Wildman–Crippen LogP) is 1.85. The first-order chi connectivity index (χ1) is 8.79. The minimum absolute atomic E-state index is 0.624. The molecule has 2 rings (SSSR count). The van der Waals surface area contributed by atoms with E-state index in [9.17, 15) is 0 Å². The predicted molar refractivity (Wildman–Crippen MR) is 72.6 cm³/mol. The highest BCUT2D eigenvalue weighted by Gasteiger charge is 2.18. The largest absolute Gasteiger partial charge is 0.385 e. The average molecular weight is 251 g/mol. The Hall–Kier alpha value is -0.870. The molecule has 1 aromatic rings. The van der Waals surface area contributed by atoms with Crippen molar-refractivity contribution in [2.75, 3.05) is 20.3 Å². The molecule has 4 heteroatoms.